The lowest BCUT2D eigenvalue weighted by atomic mass is 9.97. The summed E-state index contributed by atoms with van der Waals surface area (Å²) in [6.07, 6.45) is 0.458. The highest BCUT2D eigenvalue weighted by Gasteiger charge is 2.28. The van der Waals surface area contributed by atoms with Gasteiger partial charge >= 0.3 is 5.97 Å². The summed E-state index contributed by atoms with van der Waals surface area (Å²) in [6.45, 7) is 4.60. The SMILES string of the molecule is CCC(CO)(CO)Nc1cc(C)nc(C)c1C(=O)O. The monoisotopic (exact) mass is 268 g/mol. The summed E-state index contributed by atoms with van der Waals surface area (Å²) in [4.78, 5) is 15.4. The molecule has 0 aliphatic carbocycles. The van der Waals surface area contributed by atoms with Crippen LogP contribution in [0, 0.1) is 13.8 Å². The Morgan fingerprint density at radius 2 is 1.95 bits per heavy atom. The van der Waals surface area contributed by atoms with Crippen molar-refractivity contribution < 1.29 is 20.1 Å². The number of nitrogens with zero attached hydrogens (tertiary/aromatic N) is 1. The van der Waals surface area contributed by atoms with Gasteiger partial charge < -0.3 is 20.6 Å². The average molecular weight is 268 g/mol. The van der Waals surface area contributed by atoms with Crippen LogP contribution in [-0.4, -0.2) is 45.0 Å². The Bertz CT molecular complexity index is 462. The Morgan fingerprint density at radius 1 is 1.37 bits per heavy atom. The summed E-state index contributed by atoms with van der Waals surface area (Å²) in [5.74, 6) is -1.09. The number of aliphatic hydroxyl groups is 2. The number of carbonyl (C=O) groups is 1. The van der Waals surface area contributed by atoms with Crippen molar-refractivity contribution in [3.8, 4) is 0 Å². The second-order valence-corrected chi connectivity index (χ2v) is 4.65. The van der Waals surface area contributed by atoms with Crippen molar-refractivity contribution in [1.29, 1.82) is 0 Å². The first kappa shape index (κ1) is 15.4. The van der Waals surface area contributed by atoms with Crippen molar-refractivity contribution >= 4 is 11.7 Å². The maximum absolute atomic E-state index is 11.3. The standard InChI is InChI=1S/C13H20N2O4/c1-4-13(6-16,7-17)15-10-5-8(2)14-9(3)11(10)12(18)19/h5,16-17H,4,6-7H2,1-3H3,(H,14,15)(H,18,19). The predicted molar refractivity (Wildman–Crippen MR) is 71.5 cm³/mol. The van der Waals surface area contributed by atoms with Gasteiger partial charge in [0, 0.05) is 5.69 Å². The molecule has 0 spiro atoms. The van der Waals surface area contributed by atoms with Crippen LogP contribution in [0.5, 0.6) is 0 Å². The fourth-order valence-electron chi connectivity index (χ4n) is 1.92. The maximum atomic E-state index is 11.3. The zero-order chi connectivity index (χ0) is 14.6. The second kappa shape index (κ2) is 5.99. The zero-order valence-corrected chi connectivity index (χ0v) is 11.4. The fourth-order valence-corrected chi connectivity index (χ4v) is 1.92. The van der Waals surface area contributed by atoms with Gasteiger partial charge in [-0.15, -0.1) is 0 Å². The van der Waals surface area contributed by atoms with Crippen molar-refractivity contribution in [3.63, 3.8) is 0 Å². The summed E-state index contributed by atoms with van der Waals surface area (Å²) < 4.78 is 0. The summed E-state index contributed by atoms with van der Waals surface area (Å²) in [5, 5.41) is 31.0. The number of carboxylic acid groups (broad SMARTS) is 1. The van der Waals surface area contributed by atoms with Crippen molar-refractivity contribution in [3.05, 3.63) is 23.0 Å². The number of rotatable bonds is 6. The Kier molecular flexibility index (Phi) is 4.85. The first-order valence-corrected chi connectivity index (χ1v) is 6.10. The summed E-state index contributed by atoms with van der Waals surface area (Å²) in [6, 6.07) is 1.60. The van der Waals surface area contributed by atoms with Crippen LogP contribution in [0.1, 0.15) is 35.1 Å². The molecule has 0 aliphatic rings. The number of pyridine rings is 1. The second-order valence-electron chi connectivity index (χ2n) is 4.65. The molecule has 0 aromatic carbocycles. The zero-order valence-electron chi connectivity index (χ0n) is 11.4. The van der Waals surface area contributed by atoms with Crippen LogP contribution in [0.4, 0.5) is 5.69 Å². The Hall–Kier alpha value is -1.66. The van der Waals surface area contributed by atoms with E-state index < -0.39 is 11.5 Å². The first-order valence-electron chi connectivity index (χ1n) is 6.10. The van der Waals surface area contributed by atoms with E-state index in [0.717, 1.165) is 0 Å². The Balaban J connectivity index is 3.30. The molecule has 1 aromatic heterocycles. The molecule has 6 nitrogen and oxygen atoms in total. The number of aryl methyl sites for hydroxylation is 2. The summed E-state index contributed by atoms with van der Waals surface area (Å²) in [5.41, 5.74) is 0.555. The largest absolute Gasteiger partial charge is 0.478 e. The first-order chi connectivity index (χ1) is 8.89. The van der Waals surface area contributed by atoms with E-state index in [1.807, 2.05) is 0 Å². The van der Waals surface area contributed by atoms with Gasteiger partial charge in [0.2, 0.25) is 0 Å². The van der Waals surface area contributed by atoms with Crippen molar-refractivity contribution in [2.45, 2.75) is 32.7 Å². The quantitative estimate of drug-likeness (QED) is 0.612. The highest BCUT2D eigenvalue weighted by Crippen LogP contribution is 2.25. The van der Waals surface area contributed by atoms with Gasteiger partial charge in [-0.1, -0.05) is 6.92 Å². The van der Waals surface area contributed by atoms with Crippen LogP contribution in [0.2, 0.25) is 0 Å². The molecular weight excluding hydrogens is 248 g/mol. The van der Waals surface area contributed by atoms with Crippen LogP contribution in [0.25, 0.3) is 0 Å². The van der Waals surface area contributed by atoms with Crippen LogP contribution in [-0.2, 0) is 0 Å². The molecule has 0 saturated carbocycles. The lowest BCUT2D eigenvalue weighted by Crippen LogP contribution is -2.45. The van der Waals surface area contributed by atoms with Gasteiger partial charge in [-0.3, -0.25) is 4.98 Å². The minimum Gasteiger partial charge on any atom is -0.478 e. The molecule has 6 heteroatoms. The van der Waals surface area contributed by atoms with E-state index in [2.05, 4.69) is 10.3 Å². The third-order valence-electron chi connectivity index (χ3n) is 3.22. The molecule has 0 atom stereocenters. The molecular formula is C13H20N2O4. The van der Waals surface area contributed by atoms with Gasteiger partial charge in [0.05, 0.1) is 30.1 Å². The molecule has 0 radical (unpaired) electrons. The molecule has 1 rings (SSSR count). The third kappa shape index (κ3) is 3.21. The third-order valence-corrected chi connectivity index (χ3v) is 3.22. The van der Waals surface area contributed by atoms with E-state index in [4.69, 9.17) is 0 Å². The number of aromatic carboxylic acids is 1. The average Bonchev–Trinajstić information content (AvgIpc) is 2.34. The van der Waals surface area contributed by atoms with E-state index in [-0.39, 0.29) is 18.8 Å². The Labute approximate surface area is 112 Å². The van der Waals surface area contributed by atoms with Crippen LogP contribution in [0.3, 0.4) is 0 Å². The summed E-state index contributed by atoms with van der Waals surface area (Å²) >= 11 is 0. The lowest BCUT2D eigenvalue weighted by Gasteiger charge is -2.31. The minimum atomic E-state index is -1.09. The number of anilines is 1. The number of aliphatic hydroxyl groups excluding tert-OH is 2. The molecule has 0 bridgehead atoms. The number of hydrogen-bond acceptors (Lipinski definition) is 5. The lowest BCUT2D eigenvalue weighted by molar-refractivity contribution is 0.0695. The topological polar surface area (TPSA) is 103 Å². The highest BCUT2D eigenvalue weighted by molar-refractivity contribution is 5.95. The molecule has 0 aliphatic heterocycles. The van der Waals surface area contributed by atoms with Crippen molar-refractivity contribution in [1.82, 2.24) is 4.98 Å². The highest BCUT2D eigenvalue weighted by atomic mass is 16.4. The number of hydrogen-bond donors (Lipinski definition) is 4. The molecule has 0 unspecified atom stereocenters. The van der Waals surface area contributed by atoms with Crippen LogP contribution < -0.4 is 5.32 Å². The molecule has 1 aromatic rings. The van der Waals surface area contributed by atoms with E-state index >= 15 is 0 Å². The summed E-state index contributed by atoms with van der Waals surface area (Å²) in [7, 11) is 0. The van der Waals surface area contributed by atoms with E-state index in [0.29, 0.717) is 23.5 Å². The normalized spacial score (nSPS) is 11.4. The fraction of sp³-hybridized carbons (Fsp3) is 0.538. The molecule has 0 saturated heterocycles. The number of nitrogens with one attached hydrogen (secondary N) is 1. The molecule has 0 amide bonds. The van der Waals surface area contributed by atoms with Gasteiger partial charge in [-0.25, -0.2) is 4.79 Å². The predicted octanol–water partition coefficient (Wildman–Crippen LogP) is 0.942. The number of aromatic nitrogens is 1. The number of carboxylic acids is 1. The van der Waals surface area contributed by atoms with Gasteiger partial charge in [-0.2, -0.15) is 0 Å². The van der Waals surface area contributed by atoms with Crippen molar-refractivity contribution in [2.24, 2.45) is 0 Å². The van der Waals surface area contributed by atoms with Gasteiger partial charge in [0.15, 0.2) is 0 Å². The van der Waals surface area contributed by atoms with Gasteiger partial charge in [-0.05, 0) is 26.3 Å². The van der Waals surface area contributed by atoms with Crippen LogP contribution >= 0.6 is 0 Å². The smallest absolute Gasteiger partial charge is 0.339 e. The maximum Gasteiger partial charge on any atom is 0.339 e. The van der Waals surface area contributed by atoms with E-state index in [9.17, 15) is 20.1 Å². The molecule has 19 heavy (non-hydrogen) atoms. The molecule has 0 fully saturated rings. The molecule has 4 N–H and O–H groups in total. The Morgan fingerprint density at radius 3 is 2.37 bits per heavy atom. The van der Waals surface area contributed by atoms with E-state index in [1.54, 1.807) is 26.8 Å². The molecule has 1 heterocycles. The molecule has 106 valence electrons. The van der Waals surface area contributed by atoms with Crippen molar-refractivity contribution in [2.75, 3.05) is 18.5 Å². The minimum absolute atomic E-state index is 0.0605. The van der Waals surface area contributed by atoms with E-state index in [1.165, 1.54) is 0 Å². The van der Waals surface area contributed by atoms with Gasteiger partial charge in [0.1, 0.15) is 5.56 Å². The van der Waals surface area contributed by atoms with Gasteiger partial charge in [0.25, 0.3) is 0 Å². The van der Waals surface area contributed by atoms with Crippen LogP contribution in [0.15, 0.2) is 6.07 Å².